The van der Waals surface area contributed by atoms with Crippen molar-refractivity contribution < 1.29 is 5.11 Å². The molecule has 2 rings (SSSR count). The molecule has 0 saturated heterocycles. The van der Waals surface area contributed by atoms with Gasteiger partial charge in [-0.2, -0.15) is 0 Å². The second kappa shape index (κ2) is 5.27. The van der Waals surface area contributed by atoms with E-state index < -0.39 is 0 Å². The monoisotopic (exact) mass is 234 g/mol. The van der Waals surface area contributed by atoms with Gasteiger partial charge in [0.2, 0.25) is 0 Å². The number of hydrogen-bond donors (Lipinski definition) is 1. The summed E-state index contributed by atoms with van der Waals surface area (Å²) in [5.74, 6) is 1.15. The van der Waals surface area contributed by atoms with Gasteiger partial charge in [0.1, 0.15) is 5.03 Å². The van der Waals surface area contributed by atoms with Crippen molar-refractivity contribution in [2.45, 2.75) is 11.9 Å². The molecule has 0 amide bonds. The molecule has 1 aromatic heterocycles. The quantitative estimate of drug-likeness (QED) is 0.825. The van der Waals surface area contributed by atoms with Gasteiger partial charge in [-0.1, -0.05) is 19.1 Å². The zero-order chi connectivity index (χ0) is 11.4. The maximum Gasteiger partial charge on any atom is 0.115 e. The van der Waals surface area contributed by atoms with E-state index in [0.717, 1.165) is 21.8 Å². The SMILES string of the molecule is CC(CO)CSc1cnc2ccccc2n1. The number of nitrogens with zero attached hydrogens (tertiary/aromatic N) is 2. The van der Waals surface area contributed by atoms with E-state index in [-0.39, 0.29) is 6.61 Å². The Bertz CT molecular complexity index is 475. The number of hydrogen-bond acceptors (Lipinski definition) is 4. The maximum atomic E-state index is 8.94. The Morgan fingerprint density at radius 2 is 2.06 bits per heavy atom. The molecule has 1 aromatic carbocycles. The van der Waals surface area contributed by atoms with Crippen molar-refractivity contribution in [2.75, 3.05) is 12.4 Å². The van der Waals surface area contributed by atoms with Crippen LogP contribution in [0.1, 0.15) is 6.92 Å². The first kappa shape index (κ1) is 11.4. The molecule has 4 heteroatoms. The molecule has 0 aliphatic heterocycles. The minimum atomic E-state index is 0.216. The third-order valence-electron chi connectivity index (χ3n) is 2.25. The molecular formula is C12H14N2OS. The number of aromatic nitrogens is 2. The summed E-state index contributed by atoms with van der Waals surface area (Å²) in [6.45, 7) is 2.23. The normalized spacial score (nSPS) is 12.9. The fraction of sp³-hybridized carbons (Fsp3) is 0.333. The lowest BCUT2D eigenvalue weighted by Gasteiger charge is -2.06. The number of aliphatic hydroxyl groups excluding tert-OH is 1. The van der Waals surface area contributed by atoms with Crippen molar-refractivity contribution in [3.8, 4) is 0 Å². The highest BCUT2D eigenvalue weighted by Gasteiger charge is 2.03. The molecule has 16 heavy (non-hydrogen) atoms. The lowest BCUT2D eigenvalue weighted by Crippen LogP contribution is -2.03. The van der Waals surface area contributed by atoms with E-state index in [1.165, 1.54) is 0 Å². The second-order valence-corrected chi connectivity index (χ2v) is 4.84. The van der Waals surface area contributed by atoms with E-state index in [1.807, 2.05) is 31.2 Å². The van der Waals surface area contributed by atoms with E-state index in [9.17, 15) is 0 Å². The number of thioether (sulfide) groups is 1. The van der Waals surface area contributed by atoms with Crippen LogP contribution in [0.25, 0.3) is 11.0 Å². The number of para-hydroxylation sites is 2. The van der Waals surface area contributed by atoms with E-state index in [0.29, 0.717) is 5.92 Å². The zero-order valence-corrected chi connectivity index (χ0v) is 9.94. The molecule has 0 saturated carbocycles. The largest absolute Gasteiger partial charge is 0.396 e. The molecule has 0 aliphatic carbocycles. The summed E-state index contributed by atoms with van der Waals surface area (Å²) in [5, 5.41) is 9.85. The summed E-state index contributed by atoms with van der Waals surface area (Å²) >= 11 is 1.63. The smallest absolute Gasteiger partial charge is 0.115 e. The number of aliphatic hydroxyl groups is 1. The van der Waals surface area contributed by atoms with E-state index in [1.54, 1.807) is 18.0 Å². The van der Waals surface area contributed by atoms with Crippen molar-refractivity contribution in [3.05, 3.63) is 30.5 Å². The maximum absolute atomic E-state index is 8.94. The molecule has 1 heterocycles. The first-order valence-electron chi connectivity index (χ1n) is 5.25. The Hall–Kier alpha value is -1.13. The van der Waals surface area contributed by atoms with Crippen LogP contribution in [0, 0.1) is 5.92 Å². The van der Waals surface area contributed by atoms with Crippen LogP contribution >= 0.6 is 11.8 Å². The Balaban J connectivity index is 2.13. The van der Waals surface area contributed by atoms with Gasteiger partial charge in [0, 0.05) is 12.4 Å². The summed E-state index contributed by atoms with van der Waals surface area (Å²) in [6.07, 6.45) is 1.79. The highest BCUT2D eigenvalue weighted by molar-refractivity contribution is 7.99. The predicted molar refractivity (Wildman–Crippen MR) is 66.5 cm³/mol. The molecule has 0 fully saturated rings. The standard InChI is InChI=1S/C12H14N2OS/c1-9(7-15)8-16-12-6-13-10-4-2-3-5-11(10)14-12/h2-6,9,15H,7-8H2,1H3. The average molecular weight is 234 g/mol. The lowest BCUT2D eigenvalue weighted by molar-refractivity contribution is 0.250. The zero-order valence-electron chi connectivity index (χ0n) is 9.13. The van der Waals surface area contributed by atoms with Crippen molar-refractivity contribution >= 4 is 22.8 Å². The molecule has 2 aromatic rings. The van der Waals surface area contributed by atoms with Gasteiger partial charge in [0.25, 0.3) is 0 Å². The van der Waals surface area contributed by atoms with Gasteiger partial charge in [-0.05, 0) is 18.1 Å². The van der Waals surface area contributed by atoms with Gasteiger partial charge in [-0.25, -0.2) is 4.98 Å². The van der Waals surface area contributed by atoms with Gasteiger partial charge in [0.15, 0.2) is 0 Å². The van der Waals surface area contributed by atoms with Gasteiger partial charge < -0.3 is 5.11 Å². The lowest BCUT2D eigenvalue weighted by atomic mass is 10.2. The van der Waals surface area contributed by atoms with E-state index >= 15 is 0 Å². The molecule has 0 radical (unpaired) electrons. The van der Waals surface area contributed by atoms with Crippen LogP contribution in [-0.4, -0.2) is 27.4 Å². The van der Waals surface area contributed by atoms with Gasteiger partial charge in [-0.15, -0.1) is 11.8 Å². The number of benzene rings is 1. The van der Waals surface area contributed by atoms with Gasteiger partial charge >= 0.3 is 0 Å². The van der Waals surface area contributed by atoms with Crippen LogP contribution in [0.3, 0.4) is 0 Å². The highest BCUT2D eigenvalue weighted by Crippen LogP contribution is 2.19. The second-order valence-electron chi connectivity index (χ2n) is 3.80. The average Bonchev–Trinajstić information content (AvgIpc) is 2.35. The fourth-order valence-electron chi connectivity index (χ4n) is 1.29. The molecule has 3 nitrogen and oxygen atoms in total. The number of fused-ring (bicyclic) bond motifs is 1. The summed E-state index contributed by atoms with van der Waals surface area (Å²) in [7, 11) is 0. The minimum absolute atomic E-state index is 0.216. The van der Waals surface area contributed by atoms with Crippen LogP contribution in [0.2, 0.25) is 0 Å². The summed E-state index contributed by atoms with van der Waals surface area (Å²) in [6, 6.07) is 7.83. The van der Waals surface area contributed by atoms with Crippen molar-refractivity contribution in [1.29, 1.82) is 0 Å². The van der Waals surface area contributed by atoms with E-state index in [4.69, 9.17) is 5.11 Å². The molecule has 0 spiro atoms. The van der Waals surface area contributed by atoms with Crippen molar-refractivity contribution in [3.63, 3.8) is 0 Å². The first-order valence-corrected chi connectivity index (χ1v) is 6.23. The van der Waals surface area contributed by atoms with Crippen LogP contribution < -0.4 is 0 Å². The summed E-state index contributed by atoms with van der Waals surface area (Å²) in [5.41, 5.74) is 1.84. The number of rotatable bonds is 4. The first-order chi connectivity index (χ1) is 7.79. The van der Waals surface area contributed by atoms with Crippen LogP contribution in [0.5, 0.6) is 0 Å². The minimum Gasteiger partial charge on any atom is -0.396 e. The molecule has 1 unspecified atom stereocenters. The molecule has 1 atom stereocenters. The third-order valence-corrected chi connectivity index (χ3v) is 3.48. The van der Waals surface area contributed by atoms with Crippen LogP contribution in [-0.2, 0) is 0 Å². The summed E-state index contributed by atoms with van der Waals surface area (Å²) < 4.78 is 0. The summed E-state index contributed by atoms with van der Waals surface area (Å²) in [4.78, 5) is 8.84. The van der Waals surface area contributed by atoms with Crippen molar-refractivity contribution in [1.82, 2.24) is 9.97 Å². The third kappa shape index (κ3) is 2.71. The Morgan fingerprint density at radius 1 is 1.31 bits per heavy atom. The van der Waals surface area contributed by atoms with Crippen LogP contribution in [0.15, 0.2) is 35.5 Å². The molecule has 0 bridgehead atoms. The Morgan fingerprint density at radius 3 is 2.81 bits per heavy atom. The Labute approximate surface area is 98.9 Å². The van der Waals surface area contributed by atoms with E-state index in [2.05, 4.69) is 9.97 Å². The highest BCUT2D eigenvalue weighted by atomic mass is 32.2. The van der Waals surface area contributed by atoms with Crippen LogP contribution in [0.4, 0.5) is 0 Å². The molecule has 84 valence electrons. The molecule has 0 aliphatic rings. The van der Waals surface area contributed by atoms with Crippen molar-refractivity contribution in [2.24, 2.45) is 5.92 Å². The topological polar surface area (TPSA) is 46.0 Å². The molecular weight excluding hydrogens is 220 g/mol. The molecule has 1 N–H and O–H groups in total. The van der Waals surface area contributed by atoms with Gasteiger partial charge in [0.05, 0.1) is 17.2 Å². The van der Waals surface area contributed by atoms with Gasteiger partial charge in [-0.3, -0.25) is 4.98 Å². The fourth-order valence-corrected chi connectivity index (χ4v) is 2.14. The predicted octanol–water partition coefficient (Wildman–Crippen LogP) is 2.35. The Kier molecular flexibility index (Phi) is 3.74.